The largest absolute Gasteiger partial charge is 0.381 e. The van der Waals surface area contributed by atoms with E-state index in [0.717, 1.165) is 32.2 Å². The molecule has 1 aliphatic heterocycles. The number of rotatable bonds is 4. The van der Waals surface area contributed by atoms with Gasteiger partial charge in [-0.1, -0.05) is 0 Å². The average molecular weight is 250 g/mol. The van der Waals surface area contributed by atoms with E-state index in [4.69, 9.17) is 4.74 Å². The molecule has 0 atom stereocenters. The van der Waals surface area contributed by atoms with E-state index in [1.807, 2.05) is 0 Å². The van der Waals surface area contributed by atoms with Gasteiger partial charge < -0.3 is 14.6 Å². The zero-order valence-electron chi connectivity index (χ0n) is 11.9. The number of aromatic nitrogens is 1. The van der Waals surface area contributed by atoms with Gasteiger partial charge in [0.1, 0.15) is 0 Å². The lowest BCUT2D eigenvalue weighted by atomic mass is 10.0. The van der Waals surface area contributed by atoms with Crippen LogP contribution >= 0.6 is 0 Å². The molecule has 0 unspecified atom stereocenters. The molecule has 0 saturated carbocycles. The number of nitrogens with one attached hydrogen (secondary N) is 1. The lowest BCUT2D eigenvalue weighted by molar-refractivity contribution is 0.0613. The van der Waals surface area contributed by atoms with Crippen LogP contribution in [0.3, 0.4) is 0 Å². The van der Waals surface area contributed by atoms with Gasteiger partial charge in [0.15, 0.2) is 0 Å². The summed E-state index contributed by atoms with van der Waals surface area (Å²) in [5, 5.41) is 3.52. The van der Waals surface area contributed by atoms with E-state index in [2.05, 4.69) is 49.1 Å². The quantitative estimate of drug-likeness (QED) is 0.889. The summed E-state index contributed by atoms with van der Waals surface area (Å²) in [6.45, 7) is 10.6. The Morgan fingerprint density at radius 1 is 1.33 bits per heavy atom. The van der Waals surface area contributed by atoms with Crippen LogP contribution in [-0.2, 0) is 17.8 Å². The van der Waals surface area contributed by atoms with Crippen molar-refractivity contribution in [1.82, 2.24) is 9.88 Å². The van der Waals surface area contributed by atoms with Crippen molar-refractivity contribution in [2.45, 2.75) is 52.2 Å². The molecule has 0 amide bonds. The van der Waals surface area contributed by atoms with Crippen LogP contribution in [0.5, 0.6) is 0 Å². The molecule has 0 radical (unpaired) electrons. The van der Waals surface area contributed by atoms with Crippen molar-refractivity contribution in [1.29, 1.82) is 0 Å². The first kappa shape index (κ1) is 13.6. The van der Waals surface area contributed by atoms with E-state index in [1.54, 1.807) is 0 Å². The SMILES string of the molecule is CC(C)(C)NCc1ccn(CC2CCOCC2)c1. The lowest BCUT2D eigenvalue weighted by Crippen LogP contribution is -2.34. The maximum absolute atomic E-state index is 5.40. The minimum Gasteiger partial charge on any atom is -0.381 e. The van der Waals surface area contributed by atoms with E-state index >= 15 is 0 Å². The van der Waals surface area contributed by atoms with E-state index in [9.17, 15) is 0 Å². The second-order valence-corrected chi connectivity index (χ2v) is 6.38. The summed E-state index contributed by atoms with van der Waals surface area (Å²) in [4.78, 5) is 0. The third kappa shape index (κ3) is 4.46. The summed E-state index contributed by atoms with van der Waals surface area (Å²) >= 11 is 0. The van der Waals surface area contributed by atoms with Crippen LogP contribution in [0, 0.1) is 5.92 Å². The second-order valence-electron chi connectivity index (χ2n) is 6.38. The number of nitrogens with zero attached hydrogens (tertiary/aromatic N) is 1. The Balaban J connectivity index is 1.82. The van der Waals surface area contributed by atoms with Crippen LogP contribution in [0.15, 0.2) is 18.5 Å². The fourth-order valence-electron chi connectivity index (χ4n) is 2.30. The number of hydrogen-bond acceptors (Lipinski definition) is 2. The van der Waals surface area contributed by atoms with Gasteiger partial charge >= 0.3 is 0 Å². The van der Waals surface area contributed by atoms with Crippen LogP contribution < -0.4 is 5.32 Å². The molecule has 102 valence electrons. The summed E-state index contributed by atoms with van der Waals surface area (Å²) in [7, 11) is 0. The fourth-order valence-corrected chi connectivity index (χ4v) is 2.30. The third-order valence-electron chi connectivity index (χ3n) is 3.44. The molecule has 1 aromatic rings. The molecule has 2 rings (SSSR count). The van der Waals surface area contributed by atoms with Crippen molar-refractivity contribution in [3.05, 3.63) is 24.0 Å². The summed E-state index contributed by atoms with van der Waals surface area (Å²) in [6, 6.07) is 2.22. The van der Waals surface area contributed by atoms with Gasteiger partial charge in [-0.05, 0) is 51.2 Å². The Morgan fingerprint density at radius 3 is 2.72 bits per heavy atom. The summed E-state index contributed by atoms with van der Waals surface area (Å²) in [5.74, 6) is 0.787. The zero-order chi connectivity index (χ0) is 13.0. The third-order valence-corrected chi connectivity index (χ3v) is 3.44. The molecule has 0 aromatic carbocycles. The molecule has 0 aliphatic carbocycles. The smallest absolute Gasteiger partial charge is 0.0469 e. The van der Waals surface area contributed by atoms with E-state index in [-0.39, 0.29) is 5.54 Å². The Morgan fingerprint density at radius 2 is 2.06 bits per heavy atom. The molecule has 2 heterocycles. The highest BCUT2D eigenvalue weighted by Crippen LogP contribution is 2.17. The van der Waals surface area contributed by atoms with Crippen LogP contribution in [-0.4, -0.2) is 23.3 Å². The summed E-state index contributed by atoms with van der Waals surface area (Å²) in [5.41, 5.74) is 1.56. The molecule has 1 N–H and O–H groups in total. The van der Waals surface area contributed by atoms with Gasteiger partial charge in [-0.2, -0.15) is 0 Å². The Labute approximate surface area is 111 Å². The van der Waals surface area contributed by atoms with Crippen molar-refractivity contribution in [2.75, 3.05) is 13.2 Å². The van der Waals surface area contributed by atoms with Gasteiger partial charge in [0.25, 0.3) is 0 Å². The summed E-state index contributed by atoms with van der Waals surface area (Å²) in [6.07, 6.45) is 6.88. The Hall–Kier alpha value is -0.800. The van der Waals surface area contributed by atoms with E-state index in [0.29, 0.717) is 0 Å². The molecule has 18 heavy (non-hydrogen) atoms. The maximum atomic E-state index is 5.40. The molecule has 0 spiro atoms. The van der Waals surface area contributed by atoms with Crippen LogP contribution in [0.4, 0.5) is 0 Å². The molecule has 1 fully saturated rings. The van der Waals surface area contributed by atoms with Crippen molar-refractivity contribution in [3.8, 4) is 0 Å². The normalized spacial score (nSPS) is 18.2. The van der Waals surface area contributed by atoms with Crippen molar-refractivity contribution in [3.63, 3.8) is 0 Å². The van der Waals surface area contributed by atoms with Gasteiger partial charge in [0.05, 0.1) is 0 Å². The highest BCUT2D eigenvalue weighted by atomic mass is 16.5. The predicted molar refractivity (Wildman–Crippen MR) is 74.6 cm³/mol. The molecule has 1 aromatic heterocycles. The molecule has 1 aliphatic rings. The highest BCUT2D eigenvalue weighted by molar-refractivity contribution is 5.10. The minimum absolute atomic E-state index is 0.183. The van der Waals surface area contributed by atoms with E-state index in [1.165, 1.54) is 18.4 Å². The maximum Gasteiger partial charge on any atom is 0.0469 e. The molecule has 3 nitrogen and oxygen atoms in total. The van der Waals surface area contributed by atoms with Crippen molar-refractivity contribution >= 4 is 0 Å². The van der Waals surface area contributed by atoms with Crippen LogP contribution in [0.1, 0.15) is 39.2 Å². The predicted octanol–water partition coefficient (Wildman–Crippen LogP) is 2.80. The molecule has 0 bridgehead atoms. The Bertz CT molecular complexity index is 359. The molecule has 3 heteroatoms. The van der Waals surface area contributed by atoms with Gasteiger partial charge in [0.2, 0.25) is 0 Å². The topological polar surface area (TPSA) is 26.2 Å². The monoisotopic (exact) mass is 250 g/mol. The lowest BCUT2D eigenvalue weighted by Gasteiger charge is -2.22. The fraction of sp³-hybridized carbons (Fsp3) is 0.733. The number of hydrogen-bond donors (Lipinski definition) is 1. The highest BCUT2D eigenvalue weighted by Gasteiger charge is 2.14. The average Bonchev–Trinajstić information content (AvgIpc) is 2.75. The van der Waals surface area contributed by atoms with Crippen molar-refractivity contribution in [2.24, 2.45) is 5.92 Å². The second kappa shape index (κ2) is 5.89. The van der Waals surface area contributed by atoms with Gasteiger partial charge in [-0.15, -0.1) is 0 Å². The Kier molecular flexibility index (Phi) is 4.46. The van der Waals surface area contributed by atoms with E-state index < -0.39 is 0 Å². The first-order chi connectivity index (χ1) is 8.53. The first-order valence-electron chi connectivity index (χ1n) is 7.00. The van der Waals surface area contributed by atoms with Crippen molar-refractivity contribution < 1.29 is 4.74 Å². The van der Waals surface area contributed by atoms with Gasteiger partial charge in [-0.25, -0.2) is 0 Å². The number of ether oxygens (including phenoxy) is 1. The zero-order valence-corrected chi connectivity index (χ0v) is 11.9. The summed E-state index contributed by atoms with van der Waals surface area (Å²) < 4.78 is 7.73. The first-order valence-corrected chi connectivity index (χ1v) is 7.00. The van der Waals surface area contributed by atoms with Crippen LogP contribution in [0.2, 0.25) is 0 Å². The minimum atomic E-state index is 0.183. The van der Waals surface area contributed by atoms with Gasteiger partial charge in [0, 0.05) is 44.2 Å². The molecular formula is C15H26N2O. The van der Waals surface area contributed by atoms with Crippen LogP contribution in [0.25, 0.3) is 0 Å². The van der Waals surface area contributed by atoms with Gasteiger partial charge in [-0.3, -0.25) is 0 Å². The standard InChI is InChI=1S/C15H26N2O/c1-15(2,3)16-10-14-4-7-17(12-14)11-13-5-8-18-9-6-13/h4,7,12-13,16H,5-6,8-11H2,1-3H3. The molecule has 1 saturated heterocycles. The molecular weight excluding hydrogens is 224 g/mol.